The van der Waals surface area contributed by atoms with Gasteiger partial charge in [-0.2, -0.15) is 0 Å². The van der Waals surface area contributed by atoms with Crippen molar-refractivity contribution in [1.82, 2.24) is 0 Å². The zero-order valence-electron chi connectivity index (χ0n) is 44.3. The van der Waals surface area contributed by atoms with Crippen molar-refractivity contribution >= 4 is 162 Å². The van der Waals surface area contributed by atoms with Gasteiger partial charge in [0.15, 0.2) is 16.1 Å². The number of hydrogen-bond acceptors (Lipinski definition) is 4. The van der Waals surface area contributed by atoms with Crippen molar-refractivity contribution < 1.29 is 18.9 Å². The van der Waals surface area contributed by atoms with Crippen molar-refractivity contribution in [2.75, 3.05) is 0 Å². The van der Waals surface area contributed by atoms with Crippen molar-refractivity contribution in [3.63, 3.8) is 0 Å². The molecule has 14 rings (SSSR count). The normalized spacial score (nSPS) is 11.5. The molecule has 2 heterocycles. The molecule has 396 valence electrons. The van der Waals surface area contributed by atoms with Gasteiger partial charge in [-0.05, 0) is 95.6 Å². The maximum atomic E-state index is 9.24. The van der Waals surface area contributed by atoms with Crippen molar-refractivity contribution in [3.05, 3.63) is 317 Å². The van der Waals surface area contributed by atoms with E-state index in [1.54, 1.807) is 12.1 Å². The Bertz CT molecular complexity index is 4370. The Balaban J connectivity index is 0.000000133. The Morgan fingerprint density at radius 3 is 1.01 bits per heavy atom. The number of furan rings is 2. The monoisotopic (exact) mass is 1280 g/mol. The van der Waals surface area contributed by atoms with Crippen molar-refractivity contribution in [2.45, 2.75) is 0 Å². The summed E-state index contributed by atoms with van der Waals surface area (Å²) >= 11 is 11.2. The molecule has 0 spiro atoms. The molecule has 10 heteroatoms. The summed E-state index contributed by atoms with van der Waals surface area (Å²) < 4.78 is 15.4. The highest BCUT2D eigenvalue weighted by Crippen LogP contribution is 2.36. The summed E-state index contributed by atoms with van der Waals surface area (Å²) in [5, 5.41) is 33.6. The van der Waals surface area contributed by atoms with E-state index in [1.807, 2.05) is 42.5 Å². The summed E-state index contributed by atoms with van der Waals surface area (Å²) in [6.45, 7) is 0. The van der Waals surface area contributed by atoms with Gasteiger partial charge in [0.1, 0.15) is 22.3 Å². The molecule has 0 atom stereocenters. The van der Waals surface area contributed by atoms with E-state index in [0.717, 1.165) is 62.8 Å². The lowest BCUT2D eigenvalue weighted by atomic mass is 9.79. The fraction of sp³-hybridized carbons (Fsp3) is 0. The van der Waals surface area contributed by atoms with Gasteiger partial charge < -0.3 is 18.9 Å². The first-order valence-electron chi connectivity index (χ1n) is 27.0. The zero-order valence-corrected chi connectivity index (χ0v) is 51.0. The first-order chi connectivity index (χ1) is 40.2. The minimum Gasteiger partial charge on any atom is -0.456 e. The number of para-hydroxylation sites is 4. The second-order valence-electron chi connectivity index (χ2n) is 20.1. The van der Waals surface area contributed by atoms with E-state index >= 15 is 0 Å². The average molecular weight is 1290 g/mol. The maximum Gasteiger partial charge on any atom is 0.492 e. The van der Waals surface area contributed by atoms with Crippen molar-refractivity contribution in [1.29, 1.82) is 0 Å². The SMILES string of the molecule is Brc1cccc([Si](c2ccccc2)(c2ccccc2)c2cccc(-c3cccc4c3oc3ccccc34)c2)c1.Brc1cccc([Si](c2ccccc2)(c2ccccc2)c2cccc(Br)c2)c1.OB(O)c1cccc2c1oc1ccccc12. The molecule has 12 aromatic carbocycles. The fourth-order valence-corrected chi connectivity index (χ4v) is 23.3. The molecule has 0 saturated heterocycles. The highest BCUT2D eigenvalue weighted by molar-refractivity contribution is 9.11. The van der Waals surface area contributed by atoms with Gasteiger partial charge in [-0.15, -0.1) is 0 Å². The van der Waals surface area contributed by atoms with E-state index in [0.29, 0.717) is 11.0 Å². The van der Waals surface area contributed by atoms with Gasteiger partial charge in [0.2, 0.25) is 0 Å². The van der Waals surface area contributed by atoms with Crippen LogP contribution in [0.3, 0.4) is 0 Å². The largest absolute Gasteiger partial charge is 0.492 e. The summed E-state index contributed by atoms with van der Waals surface area (Å²) in [4.78, 5) is 0. The van der Waals surface area contributed by atoms with Crippen LogP contribution in [-0.2, 0) is 0 Å². The third-order valence-corrected chi connectivity index (χ3v) is 26.3. The second kappa shape index (κ2) is 24.3. The summed E-state index contributed by atoms with van der Waals surface area (Å²) in [6.07, 6.45) is 0. The zero-order chi connectivity index (χ0) is 56.0. The van der Waals surface area contributed by atoms with Gasteiger partial charge >= 0.3 is 7.12 Å². The van der Waals surface area contributed by atoms with Crippen LogP contribution < -0.4 is 47.0 Å². The third kappa shape index (κ3) is 10.5. The standard InChI is InChI=1S/C36H25BrOSi.C24H18Br2Si.C12H9BO3/c37-27-13-10-19-31(25-27)39(28-14-3-1-4-15-28,29-16-5-2-6-17-29)30-18-9-12-26(24-30)32-21-11-22-34-33-20-7-8-23-35(33)38-36(32)34;25-19-9-7-15-23(17-19)27(21-11-3-1-4-12-21,22-13-5-2-6-14-22)24-16-8-10-20(26)18-24;14-13(15)10-6-3-5-9-8-4-1-2-7-11(8)16-12(9)10/h1-25H;1-18H;1-7,14-15H. The molecule has 4 nitrogen and oxygen atoms in total. The second-order valence-corrected chi connectivity index (χ2v) is 30.4. The van der Waals surface area contributed by atoms with Crippen LogP contribution in [0.15, 0.2) is 326 Å². The van der Waals surface area contributed by atoms with Crippen LogP contribution >= 0.6 is 47.8 Å². The van der Waals surface area contributed by atoms with Crippen LogP contribution in [0.2, 0.25) is 0 Å². The minimum absolute atomic E-state index is 0.397. The van der Waals surface area contributed by atoms with Crippen LogP contribution in [0.25, 0.3) is 55.0 Å². The van der Waals surface area contributed by atoms with Gasteiger partial charge in [-0.3, -0.25) is 0 Å². The number of rotatable bonds is 10. The van der Waals surface area contributed by atoms with Crippen LogP contribution in [0.4, 0.5) is 0 Å². The molecule has 14 aromatic rings. The predicted molar refractivity (Wildman–Crippen MR) is 359 cm³/mol. The van der Waals surface area contributed by atoms with E-state index in [-0.39, 0.29) is 0 Å². The average Bonchev–Trinajstić information content (AvgIpc) is 3.24. The fourth-order valence-electron chi connectivity index (χ4n) is 11.8. The Kier molecular flexibility index (Phi) is 16.2. The lowest BCUT2D eigenvalue weighted by Crippen LogP contribution is -2.74. The van der Waals surface area contributed by atoms with Gasteiger partial charge in [0.25, 0.3) is 0 Å². The minimum atomic E-state index is -2.66. The number of fused-ring (bicyclic) bond motifs is 6. The number of hydrogen-bond donors (Lipinski definition) is 2. The molecule has 0 unspecified atom stereocenters. The molecule has 82 heavy (non-hydrogen) atoms. The van der Waals surface area contributed by atoms with Crippen molar-refractivity contribution in [3.8, 4) is 11.1 Å². The molecule has 0 aliphatic heterocycles. The topological polar surface area (TPSA) is 66.7 Å². The number of halogens is 3. The Morgan fingerprint density at radius 1 is 0.280 bits per heavy atom. The van der Waals surface area contributed by atoms with E-state index < -0.39 is 23.3 Å². The highest BCUT2D eigenvalue weighted by atomic mass is 79.9. The van der Waals surface area contributed by atoms with Crippen LogP contribution in [0, 0.1) is 0 Å². The molecule has 0 aliphatic carbocycles. The first kappa shape index (κ1) is 54.7. The van der Waals surface area contributed by atoms with E-state index in [2.05, 4.69) is 297 Å². The summed E-state index contributed by atoms with van der Waals surface area (Å²) in [6, 6.07) is 107. The maximum absolute atomic E-state index is 9.24. The Hall–Kier alpha value is -7.90. The predicted octanol–water partition coefficient (Wildman–Crippen LogP) is 13.2. The summed E-state index contributed by atoms with van der Waals surface area (Å²) in [5.41, 5.74) is 5.82. The van der Waals surface area contributed by atoms with Crippen LogP contribution in [0.5, 0.6) is 0 Å². The van der Waals surface area contributed by atoms with Gasteiger partial charge in [0.05, 0.1) is 0 Å². The quantitative estimate of drug-likeness (QED) is 0.106. The number of benzene rings is 12. The van der Waals surface area contributed by atoms with Crippen LogP contribution in [0.1, 0.15) is 0 Å². The lowest BCUT2D eigenvalue weighted by Gasteiger charge is -2.34. The molecule has 2 N–H and O–H groups in total. The molecule has 2 aromatic heterocycles. The Labute approximate surface area is 504 Å². The van der Waals surface area contributed by atoms with Crippen molar-refractivity contribution in [2.24, 2.45) is 0 Å². The Morgan fingerprint density at radius 2 is 0.598 bits per heavy atom. The molecular weight excluding hydrogens is 1240 g/mol. The molecule has 0 fully saturated rings. The van der Waals surface area contributed by atoms with E-state index in [1.165, 1.54) is 41.5 Å². The lowest BCUT2D eigenvalue weighted by molar-refractivity contribution is 0.425. The first-order valence-corrected chi connectivity index (χ1v) is 33.4. The molecule has 0 saturated carbocycles. The van der Waals surface area contributed by atoms with E-state index in [9.17, 15) is 10.0 Å². The molecular formula is C72H52BBr3O4Si2. The highest BCUT2D eigenvalue weighted by Gasteiger charge is 2.43. The van der Waals surface area contributed by atoms with Gasteiger partial charge in [-0.1, -0.05) is 303 Å². The molecule has 0 bridgehead atoms. The smallest absolute Gasteiger partial charge is 0.456 e. The van der Waals surface area contributed by atoms with E-state index in [4.69, 9.17) is 8.83 Å². The molecule has 0 radical (unpaired) electrons. The summed E-state index contributed by atoms with van der Waals surface area (Å²) in [5.74, 6) is 0. The van der Waals surface area contributed by atoms with Crippen LogP contribution in [-0.4, -0.2) is 33.3 Å². The molecule has 0 amide bonds. The summed E-state index contributed by atoms with van der Waals surface area (Å²) in [7, 11) is -6.59. The third-order valence-electron chi connectivity index (χ3n) is 15.3. The van der Waals surface area contributed by atoms with Gasteiger partial charge in [0, 0.05) is 46.0 Å². The molecule has 0 aliphatic rings. The van der Waals surface area contributed by atoms with Gasteiger partial charge in [-0.25, -0.2) is 0 Å².